The lowest BCUT2D eigenvalue weighted by Crippen LogP contribution is -2.50. The molecule has 0 bridgehead atoms. The zero-order valence-corrected chi connectivity index (χ0v) is 20.7. The Kier molecular flexibility index (Phi) is 9.96. The van der Waals surface area contributed by atoms with Gasteiger partial charge < -0.3 is 10.2 Å². The number of amides is 2. The van der Waals surface area contributed by atoms with E-state index in [4.69, 9.17) is 0 Å². The zero-order chi connectivity index (χ0) is 23.7. The Balaban J connectivity index is 2.20. The molecular formula is C28H40N2O2. The van der Waals surface area contributed by atoms with E-state index in [-0.39, 0.29) is 17.9 Å². The van der Waals surface area contributed by atoms with Crippen molar-refractivity contribution >= 4 is 11.8 Å². The SMILES string of the molecule is CC[C@H](C)NC(=O)[C@H](CC)N(Cc1ccccc1C)C(=O)CCc1ccc(C(C)C)cc1. The van der Waals surface area contributed by atoms with Crippen LogP contribution in [0.2, 0.25) is 0 Å². The van der Waals surface area contributed by atoms with E-state index in [1.807, 2.05) is 39.0 Å². The summed E-state index contributed by atoms with van der Waals surface area (Å²) < 4.78 is 0. The second kappa shape index (κ2) is 12.4. The van der Waals surface area contributed by atoms with Crippen molar-refractivity contribution in [3.05, 3.63) is 70.8 Å². The highest BCUT2D eigenvalue weighted by Crippen LogP contribution is 2.19. The number of benzene rings is 2. The molecule has 0 aromatic heterocycles. The van der Waals surface area contributed by atoms with Crippen LogP contribution in [0.25, 0.3) is 0 Å². The van der Waals surface area contributed by atoms with E-state index in [2.05, 4.69) is 56.4 Å². The number of hydrogen-bond acceptors (Lipinski definition) is 2. The number of carbonyl (C=O) groups excluding carboxylic acids is 2. The van der Waals surface area contributed by atoms with Crippen LogP contribution >= 0.6 is 0 Å². The highest BCUT2D eigenvalue weighted by molar-refractivity contribution is 5.88. The first kappa shape index (κ1) is 25.6. The number of nitrogens with zero attached hydrogens (tertiary/aromatic N) is 1. The van der Waals surface area contributed by atoms with E-state index in [1.165, 1.54) is 5.56 Å². The molecule has 2 atom stereocenters. The first-order chi connectivity index (χ1) is 15.3. The van der Waals surface area contributed by atoms with Gasteiger partial charge in [-0.05, 0) is 61.3 Å². The first-order valence-electron chi connectivity index (χ1n) is 12.0. The molecule has 4 nitrogen and oxygen atoms in total. The molecule has 32 heavy (non-hydrogen) atoms. The van der Waals surface area contributed by atoms with Crippen molar-refractivity contribution < 1.29 is 9.59 Å². The van der Waals surface area contributed by atoms with E-state index in [9.17, 15) is 9.59 Å². The average Bonchev–Trinajstić information content (AvgIpc) is 2.78. The quantitative estimate of drug-likeness (QED) is 0.486. The summed E-state index contributed by atoms with van der Waals surface area (Å²) in [4.78, 5) is 28.2. The van der Waals surface area contributed by atoms with Crippen LogP contribution < -0.4 is 5.32 Å². The van der Waals surface area contributed by atoms with Crippen LogP contribution in [0.15, 0.2) is 48.5 Å². The fourth-order valence-corrected chi connectivity index (χ4v) is 3.80. The summed E-state index contributed by atoms with van der Waals surface area (Å²) >= 11 is 0. The lowest BCUT2D eigenvalue weighted by Gasteiger charge is -2.32. The Morgan fingerprint density at radius 2 is 1.59 bits per heavy atom. The average molecular weight is 437 g/mol. The van der Waals surface area contributed by atoms with Crippen molar-refractivity contribution in [2.45, 2.75) is 91.8 Å². The topological polar surface area (TPSA) is 49.4 Å². The second-order valence-corrected chi connectivity index (χ2v) is 9.09. The Bertz CT molecular complexity index is 873. The van der Waals surface area contributed by atoms with E-state index < -0.39 is 6.04 Å². The molecular weight excluding hydrogens is 396 g/mol. The summed E-state index contributed by atoms with van der Waals surface area (Å²) in [7, 11) is 0. The van der Waals surface area contributed by atoms with Gasteiger partial charge in [0, 0.05) is 19.0 Å². The predicted octanol–water partition coefficient (Wildman–Crippen LogP) is 5.77. The van der Waals surface area contributed by atoms with Crippen molar-refractivity contribution in [2.24, 2.45) is 0 Å². The van der Waals surface area contributed by atoms with Crippen molar-refractivity contribution in [3.63, 3.8) is 0 Å². The minimum absolute atomic E-state index is 0.0207. The van der Waals surface area contributed by atoms with Crippen LogP contribution in [0, 0.1) is 6.92 Å². The molecule has 174 valence electrons. The van der Waals surface area contributed by atoms with E-state index in [1.54, 1.807) is 4.90 Å². The van der Waals surface area contributed by atoms with Gasteiger partial charge in [0.25, 0.3) is 0 Å². The number of rotatable bonds is 11. The van der Waals surface area contributed by atoms with E-state index >= 15 is 0 Å². The number of nitrogens with one attached hydrogen (secondary N) is 1. The van der Waals surface area contributed by atoms with Crippen molar-refractivity contribution in [1.82, 2.24) is 10.2 Å². The van der Waals surface area contributed by atoms with E-state index in [0.717, 1.165) is 23.1 Å². The summed E-state index contributed by atoms with van der Waals surface area (Å²) in [5.41, 5.74) is 4.66. The van der Waals surface area contributed by atoms with Gasteiger partial charge in [-0.1, -0.05) is 76.2 Å². The van der Waals surface area contributed by atoms with Gasteiger partial charge in [0.2, 0.25) is 11.8 Å². The minimum Gasteiger partial charge on any atom is -0.352 e. The lowest BCUT2D eigenvalue weighted by atomic mass is 9.99. The van der Waals surface area contributed by atoms with Crippen molar-refractivity contribution in [1.29, 1.82) is 0 Å². The number of carbonyl (C=O) groups is 2. The summed E-state index contributed by atoms with van der Waals surface area (Å²) in [5, 5.41) is 3.07. The molecule has 2 aromatic rings. The van der Waals surface area contributed by atoms with Gasteiger partial charge in [0.15, 0.2) is 0 Å². The maximum atomic E-state index is 13.4. The maximum absolute atomic E-state index is 13.4. The molecule has 0 aliphatic carbocycles. The van der Waals surface area contributed by atoms with E-state index in [0.29, 0.717) is 31.7 Å². The van der Waals surface area contributed by atoms with Gasteiger partial charge in [-0.15, -0.1) is 0 Å². The molecule has 0 saturated carbocycles. The normalized spacial score (nSPS) is 13.0. The standard InChI is InChI=1S/C28H40N2O2/c1-7-22(6)29-28(32)26(8-2)30(19-25-12-10-9-11-21(25)5)27(31)18-15-23-13-16-24(17-14-23)20(3)4/h9-14,16-17,20,22,26H,7-8,15,18-19H2,1-6H3,(H,29,32)/t22-,26-/m0/s1. The zero-order valence-electron chi connectivity index (χ0n) is 20.7. The molecule has 0 fully saturated rings. The summed E-state index contributed by atoms with van der Waals surface area (Å²) in [6.07, 6.45) is 2.51. The van der Waals surface area contributed by atoms with Crippen LogP contribution in [-0.4, -0.2) is 28.8 Å². The highest BCUT2D eigenvalue weighted by Gasteiger charge is 2.29. The monoisotopic (exact) mass is 436 g/mol. The summed E-state index contributed by atoms with van der Waals surface area (Å²) in [6.45, 7) is 12.9. The van der Waals surface area contributed by atoms with Gasteiger partial charge in [0.05, 0.1) is 0 Å². The number of hydrogen-bond donors (Lipinski definition) is 1. The Morgan fingerprint density at radius 3 is 2.16 bits per heavy atom. The Morgan fingerprint density at radius 1 is 0.938 bits per heavy atom. The predicted molar refractivity (Wildman–Crippen MR) is 133 cm³/mol. The molecule has 1 N–H and O–H groups in total. The molecule has 2 rings (SSSR count). The van der Waals surface area contributed by atoms with Crippen LogP contribution in [0.3, 0.4) is 0 Å². The van der Waals surface area contributed by atoms with Crippen LogP contribution in [0.4, 0.5) is 0 Å². The molecule has 2 aromatic carbocycles. The van der Waals surface area contributed by atoms with Crippen LogP contribution in [-0.2, 0) is 22.6 Å². The molecule has 0 aliphatic heterocycles. The molecule has 0 radical (unpaired) electrons. The minimum atomic E-state index is -0.473. The summed E-state index contributed by atoms with van der Waals surface area (Å²) in [5.74, 6) is 0.446. The third kappa shape index (κ3) is 7.22. The Labute approximate surface area is 194 Å². The molecule has 0 heterocycles. The number of aryl methyl sites for hydroxylation is 2. The third-order valence-corrected chi connectivity index (χ3v) is 6.26. The summed E-state index contributed by atoms with van der Waals surface area (Å²) in [6, 6.07) is 16.2. The first-order valence-corrected chi connectivity index (χ1v) is 12.0. The fourth-order valence-electron chi connectivity index (χ4n) is 3.80. The molecule has 0 aliphatic rings. The van der Waals surface area contributed by atoms with Crippen LogP contribution in [0.1, 0.15) is 82.1 Å². The van der Waals surface area contributed by atoms with Gasteiger partial charge in [0.1, 0.15) is 6.04 Å². The molecule has 0 saturated heterocycles. The molecule has 2 amide bonds. The fraction of sp³-hybridized carbons (Fsp3) is 0.500. The van der Waals surface area contributed by atoms with Gasteiger partial charge in [-0.3, -0.25) is 9.59 Å². The Hall–Kier alpha value is -2.62. The second-order valence-electron chi connectivity index (χ2n) is 9.09. The molecule has 4 heteroatoms. The van der Waals surface area contributed by atoms with Crippen molar-refractivity contribution in [2.75, 3.05) is 0 Å². The molecule has 0 spiro atoms. The smallest absolute Gasteiger partial charge is 0.243 e. The third-order valence-electron chi connectivity index (χ3n) is 6.26. The molecule has 0 unspecified atom stereocenters. The maximum Gasteiger partial charge on any atom is 0.243 e. The van der Waals surface area contributed by atoms with Gasteiger partial charge in [-0.25, -0.2) is 0 Å². The highest BCUT2D eigenvalue weighted by atomic mass is 16.2. The lowest BCUT2D eigenvalue weighted by molar-refractivity contribution is -0.141. The van der Waals surface area contributed by atoms with Gasteiger partial charge in [-0.2, -0.15) is 0 Å². The largest absolute Gasteiger partial charge is 0.352 e. The van der Waals surface area contributed by atoms with Gasteiger partial charge >= 0.3 is 0 Å². The van der Waals surface area contributed by atoms with Crippen molar-refractivity contribution in [3.8, 4) is 0 Å². The van der Waals surface area contributed by atoms with Crippen LogP contribution in [0.5, 0.6) is 0 Å².